The molecule has 86 valence electrons. The van der Waals surface area contributed by atoms with Gasteiger partial charge in [0, 0.05) is 23.2 Å². The van der Waals surface area contributed by atoms with Crippen LogP contribution in [-0.4, -0.2) is 19.1 Å². The Labute approximate surface area is 104 Å². The predicted molar refractivity (Wildman–Crippen MR) is 69.0 cm³/mol. The molecule has 1 fully saturated rings. The fourth-order valence-electron chi connectivity index (χ4n) is 1.95. The van der Waals surface area contributed by atoms with Gasteiger partial charge in [0.2, 0.25) is 0 Å². The molecule has 1 saturated heterocycles. The Hall–Kier alpha value is -1.03. The largest absolute Gasteiger partial charge is 0.338 e. The van der Waals surface area contributed by atoms with Crippen molar-refractivity contribution in [1.82, 2.24) is 5.32 Å². The van der Waals surface area contributed by atoms with Crippen molar-refractivity contribution in [3.8, 4) is 0 Å². The van der Waals surface area contributed by atoms with E-state index in [1.165, 1.54) is 0 Å². The van der Waals surface area contributed by atoms with Gasteiger partial charge in [-0.2, -0.15) is 0 Å². The fraction of sp³-hybridized carbons (Fsp3) is 0.417. The lowest BCUT2D eigenvalue weighted by Crippen LogP contribution is -2.46. The number of halogens is 1. The zero-order chi connectivity index (χ0) is 11.7. The lowest BCUT2D eigenvalue weighted by molar-refractivity contribution is 0.243. The van der Waals surface area contributed by atoms with Crippen molar-refractivity contribution >= 4 is 27.6 Å². The molecule has 1 aromatic carbocycles. The molecule has 0 atom stereocenters. The number of rotatable bonds is 1. The average Bonchev–Trinajstić information content (AvgIpc) is 2.26. The number of carbonyl (C=O) groups is 1. The van der Waals surface area contributed by atoms with Crippen LogP contribution in [0, 0.1) is 13.8 Å². The number of nitrogens with one attached hydrogen (secondary N) is 1. The topological polar surface area (TPSA) is 32.3 Å². The molecule has 0 bridgehead atoms. The van der Waals surface area contributed by atoms with Crippen LogP contribution < -0.4 is 10.2 Å². The minimum absolute atomic E-state index is 0.00683. The minimum Gasteiger partial charge on any atom is -0.338 e. The van der Waals surface area contributed by atoms with E-state index >= 15 is 0 Å². The van der Waals surface area contributed by atoms with Crippen molar-refractivity contribution in [2.24, 2.45) is 0 Å². The van der Waals surface area contributed by atoms with E-state index in [2.05, 4.69) is 21.2 Å². The molecule has 0 aromatic heterocycles. The Balaban J connectivity index is 2.36. The second-order valence-corrected chi connectivity index (χ2v) is 4.92. The Morgan fingerprint density at radius 1 is 1.31 bits per heavy atom. The maximum atomic E-state index is 11.7. The van der Waals surface area contributed by atoms with Gasteiger partial charge in [0.15, 0.2) is 0 Å². The number of urea groups is 1. The van der Waals surface area contributed by atoms with Crippen molar-refractivity contribution in [2.75, 3.05) is 18.0 Å². The van der Waals surface area contributed by atoms with Gasteiger partial charge in [0.25, 0.3) is 0 Å². The second-order valence-electron chi connectivity index (χ2n) is 4.13. The third-order valence-corrected chi connectivity index (χ3v) is 4.06. The number of amides is 2. The van der Waals surface area contributed by atoms with Crippen LogP contribution in [0.15, 0.2) is 16.6 Å². The van der Waals surface area contributed by atoms with Crippen molar-refractivity contribution < 1.29 is 4.79 Å². The SMILES string of the molecule is Cc1cc(N2CCCNC2=O)cc(C)c1Br. The molecule has 2 rings (SSSR count). The van der Waals surface area contributed by atoms with Gasteiger partial charge in [-0.15, -0.1) is 0 Å². The highest BCUT2D eigenvalue weighted by Gasteiger charge is 2.19. The highest BCUT2D eigenvalue weighted by Crippen LogP contribution is 2.27. The average molecular weight is 283 g/mol. The van der Waals surface area contributed by atoms with Crippen molar-refractivity contribution in [3.05, 3.63) is 27.7 Å². The third kappa shape index (κ3) is 2.07. The summed E-state index contributed by atoms with van der Waals surface area (Å²) in [5.74, 6) is 0. The molecule has 1 aliphatic rings. The van der Waals surface area contributed by atoms with Crippen molar-refractivity contribution in [1.29, 1.82) is 0 Å². The summed E-state index contributed by atoms with van der Waals surface area (Å²) in [5, 5.41) is 2.86. The summed E-state index contributed by atoms with van der Waals surface area (Å²) in [6, 6.07) is 4.09. The standard InChI is InChI=1S/C12H15BrN2O/c1-8-6-10(7-9(2)11(8)13)15-5-3-4-14-12(15)16/h6-7H,3-5H2,1-2H3,(H,14,16). The first-order valence-electron chi connectivity index (χ1n) is 5.41. The van der Waals surface area contributed by atoms with Gasteiger partial charge in [0.05, 0.1) is 0 Å². The predicted octanol–water partition coefficient (Wildman–Crippen LogP) is 2.99. The van der Waals surface area contributed by atoms with Crippen LogP contribution in [0.3, 0.4) is 0 Å². The van der Waals surface area contributed by atoms with Crippen LogP contribution >= 0.6 is 15.9 Å². The number of carbonyl (C=O) groups excluding carboxylic acids is 1. The van der Waals surface area contributed by atoms with Gasteiger partial charge in [0.1, 0.15) is 0 Å². The Kier molecular flexibility index (Phi) is 3.19. The minimum atomic E-state index is 0.00683. The molecule has 2 amide bonds. The van der Waals surface area contributed by atoms with Gasteiger partial charge in [-0.1, -0.05) is 15.9 Å². The molecule has 1 aliphatic heterocycles. The first-order chi connectivity index (χ1) is 7.59. The van der Waals surface area contributed by atoms with E-state index in [-0.39, 0.29) is 6.03 Å². The zero-order valence-corrected chi connectivity index (χ0v) is 11.1. The first-order valence-corrected chi connectivity index (χ1v) is 6.21. The molecular weight excluding hydrogens is 268 g/mol. The maximum absolute atomic E-state index is 11.7. The third-order valence-electron chi connectivity index (χ3n) is 2.81. The summed E-state index contributed by atoms with van der Waals surface area (Å²) in [5.41, 5.74) is 3.30. The molecular formula is C12H15BrN2O. The molecule has 1 heterocycles. The highest BCUT2D eigenvalue weighted by molar-refractivity contribution is 9.10. The van der Waals surface area contributed by atoms with Crippen molar-refractivity contribution in [3.63, 3.8) is 0 Å². The molecule has 0 spiro atoms. The first kappa shape index (κ1) is 11.5. The van der Waals surface area contributed by atoms with Crippen molar-refractivity contribution in [2.45, 2.75) is 20.3 Å². The monoisotopic (exact) mass is 282 g/mol. The summed E-state index contributed by atoms with van der Waals surface area (Å²) in [6.45, 7) is 5.67. The molecule has 4 heteroatoms. The van der Waals surface area contributed by atoms with E-state index in [0.29, 0.717) is 0 Å². The number of nitrogens with zero attached hydrogens (tertiary/aromatic N) is 1. The number of aryl methyl sites for hydroxylation is 2. The zero-order valence-electron chi connectivity index (χ0n) is 9.51. The quantitative estimate of drug-likeness (QED) is 0.844. The second kappa shape index (κ2) is 4.45. The van der Waals surface area contributed by atoms with Crippen LogP contribution in [0.25, 0.3) is 0 Å². The van der Waals surface area contributed by atoms with Crippen LogP contribution in [0.1, 0.15) is 17.5 Å². The van der Waals surface area contributed by atoms with Gasteiger partial charge < -0.3 is 5.32 Å². The normalized spacial score (nSPS) is 16.2. The summed E-state index contributed by atoms with van der Waals surface area (Å²) < 4.78 is 1.12. The van der Waals surface area contributed by atoms with E-state index in [4.69, 9.17) is 0 Å². The van der Waals surface area contributed by atoms with Crippen LogP contribution in [0.2, 0.25) is 0 Å². The number of hydrogen-bond acceptors (Lipinski definition) is 1. The lowest BCUT2D eigenvalue weighted by atomic mass is 10.1. The molecule has 0 saturated carbocycles. The Bertz CT molecular complexity index is 408. The summed E-state index contributed by atoms with van der Waals surface area (Å²) >= 11 is 3.53. The lowest BCUT2D eigenvalue weighted by Gasteiger charge is -2.28. The van der Waals surface area contributed by atoms with E-state index in [1.54, 1.807) is 4.90 Å². The van der Waals surface area contributed by atoms with Gasteiger partial charge >= 0.3 is 6.03 Å². The fourth-order valence-corrected chi connectivity index (χ4v) is 2.18. The van der Waals surface area contributed by atoms with Crippen LogP contribution in [0.5, 0.6) is 0 Å². The van der Waals surface area contributed by atoms with Gasteiger partial charge in [-0.05, 0) is 43.5 Å². The molecule has 0 aliphatic carbocycles. The molecule has 16 heavy (non-hydrogen) atoms. The molecule has 0 unspecified atom stereocenters. The van der Waals surface area contributed by atoms with Gasteiger partial charge in [-0.25, -0.2) is 4.79 Å². The number of benzene rings is 1. The molecule has 3 nitrogen and oxygen atoms in total. The highest BCUT2D eigenvalue weighted by atomic mass is 79.9. The van der Waals surface area contributed by atoms with Crippen LogP contribution in [0.4, 0.5) is 10.5 Å². The van der Waals surface area contributed by atoms with Crippen LogP contribution in [-0.2, 0) is 0 Å². The van der Waals surface area contributed by atoms with E-state index in [0.717, 1.165) is 40.8 Å². The molecule has 1 N–H and O–H groups in total. The summed E-state index contributed by atoms with van der Waals surface area (Å²) in [7, 11) is 0. The summed E-state index contributed by atoms with van der Waals surface area (Å²) in [4.78, 5) is 13.5. The Morgan fingerprint density at radius 3 is 2.50 bits per heavy atom. The van der Waals surface area contributed by atoms with E-state index in [9.17, 15) is 4.79 Å². The van der Waals surface area contributed by atoms with E-state index < -0.39 is 0 Å². The molecule has 0 radical (unpaired) electrons. The molecule has 1 aromatic rings. The smallest absolute Gasteiger partial charge is 0.321 e. The summed E-state index contributed by atoms with van der Waals surface area (Å²) in [6.07, 6.45) is 1.000. The Morgan fingerprint density at radius 2 is 1.94 bits per heavy atom. The number of hydrogen-bond donors (Lipinski definition) is 1. The van der Waals surface area contributed by atoms with E-state index in [1.807, 2.05) is 26.0 Å². The maximum Gasteiger partial charge on any atom is 0.321 e. The number of anilines is 1. The van der Waals surface area contributed by atoms with Gasteiger partial charge in [-0.3, -0.25) is 4.90 Å².